The first-order valence-electron chi connectivity index (χ1n) is 18.9. The maximum atomic E-state index is 13.9. The van der Waals surface area contributed by atoms with Crippen LogP contribution in [0.1, 0.15) is 75.9 Å². The second-order valence-corrected chi connectivity index (χ2v) is 39.0. The van der Waals surface area contributed by atoms with Crippen LogP contribution in [0.15, 0.2) is 24.3 Å². The molecular weight excluding hydrogens is 777 g/mol. The molecule has 10 nitrogen and oxygen atoms in total. The van der Waals surface area contributed by atoms with Crippen molar-refractivity contribution < 1.29 is 47.9 Å². The summed E-state index contributed by atoms with van der Waals surface area (Å²) in [6.45, 7) is 25.9. The number of esters is 4. The lowest BCUT2D eigenvalue weighted by Crippen LogP contribution is -2.50. The second kappa shape index (κ2) is 13.9. The van der Waals surface area contributed by atoms with E-state index < -0.39 is 68.4 Å². The van der Waals surface area contributed by atoms with Gasteiger partial charge in [0.05, 0.1) is 83.0 Å². The Morgan fingerprint density at radius 1 is 0.393 bits per heavy atom. The third kappa shape index (κ3) is 6.42. The molecule has 14 heteroatoms. The van der Waals surface area contributed by atoms with Crippen LogP contribution in [0.2, 0.25) is 78.6 Å². The molecule has 4 aromatic carbocycles. The normalized spacial score (nSPS) is 16.7. The molecule has 2 aliphatic heterocycles. The Labute approximate surface area is 333 Å². The van der Waals surface area contributed by atoms with Crippen LogP contribution in [-0.4, -0.2) is 84.6 Å². The molecule has 0 N–H and O–H groups in total. The summed E-state index contributed by atoms with van der Waals surface area (Å²) < 4.78 is 21.6. The molecule has 56 heavy (non-hydrogen) atoms. The molecule has 7 rings (SSSR count). The Hall–Kier alpha value is -3.93. The fraction of sp³-hybridized carbons (Fsp3) is 0.429. The molecule has 0 amide bonds. The van der Waals surface area contributed by atoms with Gasteiger partial charge in [-0.2, -0.15) is 0 Å². The van der Waals surface area contributed by atoms with E-state index in [0.717, 1.165) is 64.5 Å². The number of ether oxygens (including phenoxy) is 4. The fourth-order valence-corrected chi connectivity index (χ4v) is 17.0. The van der Waals surface area contributed by atoms with Crippen molar-refractivity contribution in [2.75, 3.05) is 28.4 Å². The molecule has 0 atom stereocenters. The summed E-state index contributed by atoms with van der Waals surface area (Å²) in [4.78, 5) is 67.9. The summed E-state index contributed by atoms with van der Waals surface area (Å²) in [7, 11) is -4.22. The SMILES string of the molecule is COC(=O)c1c(C(=O)OC)c([Si](C)(C)C)c2cc3c(cc2c1[Si](C)(C)C)C1OOC3c2cc3c([Si](C)(C)C)c(C(=O)OC)c(C(=O)OC)c([Si](C)(C)C)c3cc21. The van der Waals surface area contributed by atoms with E-state index in [2.05, 4.69) is 103 Å². The van der Waals surface area contributed by atoms with Gasteiger partial charge in [-0.1, -0.05) is 78.6 Å². The van der Waals surface area contributed by atoms with Gasteiger partial charge in [0.1, 0.15) is 12.2 Å². The summed E-state index contributed by atoms with van der Waals surface area (Å²) in [5.41, 5.74) is 4.74. The Morgan fingerprint density at radius 3 is 0.714 bits per heavy atom. The number of carbonyl (C=O) groups excluding carboxylic acids is 4. The zero-order valence-electron chi connectivity index (χ0n) is 35.5. The average molecular weight is 831 g/mol. The topological polar surface area (TPSA) is 124 Å². The zero-order valence-corrected chi connectivity index (χ0v) is 39.5. The highest BCUT2D eigenvalue weighted by Crippen LogP contribution is 2.52. The Morgan fingerprint density at radius 2 is 0.571 bits per heavy atom. The Balaban J connectivity index is 1.83. The van der Waals surface area contributed by atoms with Crippen molar-refractivity contribution in [3.63, 3.8) is 0 Å². The van der Waals surface area contributed by atoms with Gasteiger partial charge in [-0.15, -0.1) is 0 Å². The fourth-order valence-electron chi connectivity index (χ4n) is 9.03. The van der Waals surface area contributed by atoms with Crippen molar-refractivity contribution in [2.24, 2.45) is 0 Å². The van der Waals surface area contributed by atoms with Gasteiger partial charge in [-0.05, 0) is 88.8 Å². The van der Waals surface area contributed by atoms with E-state index in [4.69, 9.17) is 28.7 Å². The number of methoxy groups -OCH3 is 4. The molecule has 3 aliphatic rings. The summed E-state index contributed by atoms with van der Waals surface area (Å²) in [6.07, 6.45) is -1.28. The Kier molecular flexibility index (Phi) is 10.3. The minimum Gasteiger partial charge on any atom is -0.465 e. The van der Waals surface area contributed by atoms with E-state index in [-0.39, 0.29) is 22.3 Å². The largest absolute Gasteiger partial charge is 0.465 e. The monoisotopic (exact) mass is 830 g/mol. The third-order valence-electron chi connectivity index (χ3n) is 11.0. The third-order valence-corrected chi connectivity index (χ3v) is 19.0. The minimum atomic E-state index is -2.40. The molecular formula is C42H54O10Si4. The minimum absolute atomic E-state index is 0.281. The van der Waals surface area contributed by atoms with Crippen LogP contribution >= 0.6 is 0 Å². The lowest BCUT2D eigenvalue weighted by atomic mass is 9.78. The van der Waals surface area contributed by atoms with Gasteiger partial charge in [-0.3, -0.25) is 0 Å². The van der Waals surface area contributed by atoms with Crippen molar-refractivity contribution in [3.8, 4) is 0 Å². The first-order chi connectivity index (χ1) is 25.8. The highest BCUT2D eigenvalue weighted by atomic mass is 28.3. The first kappa shape index (κ1) is 41.7. The molecule has 0 spiro atoms. The second-order valence-electron chi connectivity index (χ2n) is 19.0. The quantitative estimate of drug-likeness (QED) is 0.0814. The molecule has 4 aromatic rings. The van der Waals surface area contributed by atoms with Gasteiger partial charge in [0.25, 0.3) is 0 Å². The van der Waals surface area contributed by atoms with E-state index in [0.29, 0.717) is 0 Å². The Bertz CT molecular complexity index is 2060. The standard InChI is InChI=1S/C42H54O10Si4/c1-47-39(43)29-30(40(44)48-2)36(54(8,9)10)26-18-22-21(17-25(26)35(29)53(5,6)7)33-23-19-27-28(20-24(23)34(22)52-51-33)38(56(14,15)16)32(42(46)50-4)31(41(45)49-3)37(27)55(11,12)13/h17-20,33-34H,1-16H3. The molecule has 0 radical (unpaired) electrons. The van der Waals surface area contributed by atoms with Crippen LogP contribution in [0.4, 0.5) is 0 Å². The molecule has 1 aliphatic carbocycles. The maximum Gasteiger partial charge on any atom is 0.338 e. The van der Waals surface area contributed by atoms with Crippen molar-refractivity contribution in [2.45, 2.75) is 90.8 Å². The number of carbonyl (C=O) groups is 4. The smallest absolute Gasteiger partial charge is 0.338 e. The zero-order chi connectivity index (χ0) is 41.8. The van der Waals surface area contributed by atoms with E-state index in [9.17, 15) is 19.2 Å². The van der Waals surface area contributed by atoms with E-state index in [1.807, 2.05) is 0 Å². The van der Waals surface area contributed by atoms with E-state index in [1.165, 1.54) is 28.4 Å². The molecule has 2 bridgehead atoms. The predicted molar refractivity (Wildman–Crippen MR) is 231 cm³/mol. The predicted octanol–water partition coefficient (Wildman–Crippen LogP) is 6.77. The van der Waals surface area contributed by atoms with Crippen LogP contribution in [-0.2, 0) is 28.7 Å². The lowest BCUT2D eigenvalue weighted by Gasteiger charge is -2.41. The van der Waals surface area contributed by atoms with Crippen LogP contribution in [0.5, 0.6) is 0 Å². The average Bonchev–Trinajstić information content (AvgIpc) is 3.11. The van der Waals surface area contributed by atoms with Gasteiger partial charge >= 0.3 is 23.9 Å². The number of fused-ring (bicyclic) bond motifs is 3. The number of benzene rings is 4. The highest BCUT2D eigenvalue weighted by molar-refractivity contribution is 6.95. The summed E-state index contributed by atoms with van der Waals surface area (Å²) >= 11 is 0. The molecule has 0 saturated carbocycles. The number of rotatable bonds is 8. The van der Waals surface area contributed by atoms with Crippen LogP contribution in [0.3, 0.4) is 0 Å². The van der Waals surface area contributed by atoms with E-state index in [1.54, 1.807) is 0 Å². The summed E-state index contributed by atoms with van der Waals surface area (Å²) in [5, 5.41) is 6.87. The number of hydrogen-bond acceptors (Lipinski definition) is 10. The molecule has 2 heterocycles. The molecule has 0 saturated heterocycles. The summed E-state index contributed by atoms with van der Waals surface area (Å²) in [6, 6.07) is 8.54. The van der Waals surface area contributed by atoms with Crippen molar-refractivity contribution in [3.05, 3.63) is 68.8 Å². The van der Waals surface area contributed by atoms with E-state index >= 15 is 0 Å². The molecule has 0 aromatic heterocycles. The summed E-state index contributed by atoms with van der Waals surface area (Å²) in [5.74, 6) is -2.26. The van der Waals surface area contributed by atoms with Gasteiger partial charge < -0.3 is 18.9 Å². The van der Waals surface area contributed by atoms with Crippen molar-refractivity contribution in [1.29, 1.82) is 0 Å². The number of hydrogen-bond donors (Lipinski definition) is 0. The maximum absolute atomic E-state index is 13.9. The van der Waals surface area contributed by atoms with Gasteiger partial charge in [-0.25, -0.2) is 29.0 Å². The molecule has 298 valence electrons. The first-order valence-corrected chi connectivity index (χ1v) is 32.9. The lowest BCUT2D eigenvalue weighted by molar-refractivity contribution is -0.360. The van der Waals surface area contributed by atoms with Crippen molar-refractivity contribution >= 4 is 98.5 Å². The van der Waals surface area contributed by atoms with Gasteiger partial charge in [0.2, 0.25) is 0 Å². The van der Waals surface area contributed by atoms with Crippen LogP contribution in [0.25, 0.3) is 21.5 Å². The molecule has 0 fully saturated rings. The van der Waals surface area contributed by atoms with Gasteiger partial charge in [0, 0.05) is 0 Å². The van der Waals surface area contributed by atoms with Gasteiger partial charge in [0.15, 0.2) is 0 Å². The van der Waals surface area contributed by atoms with Crippen molar-refractivity contribution in [1.82, 2.24) is 0 Å². The highest BCUT2D eigenvalue weighted by Gasteiger charge is 2.46. The van der Waals surface area contributed by atoms with Crippen LogP contribution < -0.4 is 20.7 Å². The van der Waals surface area contributed by atoms with Crippen LogP contribution in [0, 0.1) is 0 Å². The molecule has 0 unspecified atom stereocenters.